The molecule has 0 aliphatic heterocycles. The van der Waals surface area contributed by atoms with Gasteiger partial charge >= 0.3 is 6.36 Å². The number of carbonyl (C=O) groups excluding carboxylic acids is 1. The Balaban J connectivity index is 1.45. The van der Waals surface area contributed by atoms with E-state index in [1.54, 1.807) is 12.1 Å². The largest absolute Gasteiger partial charge is 0.573 e. The number of benzene rings is 3. The van der Waals surface area contributed by atoms with Crippen LogP contribution in [0.1, 0.15) is 28.3 Å². The van der Waals surface area contributed by atoms with E-state index in [1.807, 2.05) is 12.1 Å². The minimum atomic E-state index is -4.74. The van der Waals surface area contributed by atoms with E-state index in [2.05, 4.69) is 4.74 Å². The molecule has 0 saturated heterocycles. The molecule has 2 atom stereocenters. The molecule has 7 heteroatoms. The number of Topliss-reactive ketones (excluding diaryl/α,β-unsaturated/α-hetero) is 1. The summed E-state index contributed by atoms with van der Waals surface area (Å²) in [7, 11) is 0. The Morgan fingerprint density at radius 1 is 0.833 bits per heavy atom. The van der Waals surface area contributed by atoms with E-state index in [4.69, 9.17) is 0 Å². The summed E-state index contributed by atoms with van der Waals surface area (Å²) in [6.45, 7) is 0. The van der Waals surface area contributed by atoms with Crippen LogP contribution in [0.4, 0.5) is 22.0 Å². The predicted molar refractivity (Wildman–Crippen MR) is 100 cm³/mol. The van der Waals surface area contributed by atoms with Crippen molar-refractivity contribution in [2.75, 3.05) is 0 Å². The van der Waals surface area contributed by atoms with Gasteiger partial charge in [0.25, 0.3) is 0 Å². The Labute approximate surface area is 168 Å². The number of hydrogen-bond donors (Lipinski definition) is 0. The van der Waals surface area contributed by atoms with Crippen LogP contribution in [-0.2, 0) is 0 Å². The van der Waals surface area contributed by atoms with Crippen molar-refractivity contribution in [3.8, 4) is 16.9 Å². The first-order valence-electron chi connectivity index (χ1n) is 9.17. The molecule has 3 aromatic carbocycles. The highest BCUT2D eigenvalue weighted by Crippen LogP contribution is 2.49. The van der Waals surface area contributed by atoms with Crippen molar-refractivity contribution in [3.05, 3.63) is 89.5 Å². The molecule has 2 unspecified atom stereocenters. The number of carbonyl (C=O) groups is 1. The van der Waals surface area contributed by atoms with Gasteiger partial charge < -0.3 is 4.74 Å². The Kier molecular flexibility index (Phi) is 5.05. The van der Waals surface area contributed by atoms with Crippen molar-refractivity contribution in [1.29, 1.82) is 0 Å². The Morgan fingerprint density at radius 3 is 1.90 bits per heavy atom. The fraction of sp³-hybridized carbons (Fsp3) is 0.174. The summed E-state index contributed by atoms with van der Waals surface area (Å²) in [6.07, 6.45) is -4.23. The number of hydrogen-bond acceptors (Lipinski definition) is 2. The van der Waals surface area contributed by atoms with Gasteiger partial charge in [0.15, 0.2) is 5.78 Å². The molecule has 0 spiro atoms. The van der Waals surface area contributed by atoms with E-state index >= 15 is 0 Å². The van der Waals surface area contributed by atoms with E-state index in [-0.39, 0.29) is 11.7 Å². The lowest BCUT2D eigenvalue weighted by molar-refractivity contribution is -0.274. The molecule has 0 aromatic heterocycles. The second-order valence-corrected chi connectivity index (χ2v) is 7.10. The molecule has 0 radical (unpaired) electrons. The van der Waals surface area contributed by atoms with Crippen LogP contribution in [0.3, 0.4) is 0 Å². The molecule has 0 N–H and O–H groups in total. The molecule has 30 heavy (non-hydrogen) atoms. The van der Waals surface area contributed by atoms with Gasteiger partial charge in [-0.3, -0.25) is 4.79 Å². The lowest BCUT2D eigenvalue weighted by Gasteiger charge is -2.09. The molecule has 3 aromatic rings. The third-order valence-corrected chi connectivity index (χ3v) is 5.10. The average Bonchev–Trinajstić information content (AvgIpc) is 3.48. The van der Waals surface area contributed by atoms with E-state index in [1.165, 1.54) is 30.3 Å². The average molecular weight is 418 g/mol. The third-order valence-electron chi connectivity index (χ3n) is 5.10. The third kappa shape index (κ3) is 4.20. The summed E-state index contributed by atoms with van der Waals surface area (Å²) in [4.78, 5) is 12.5. The summed E-state index contributed by atoms with van der Waals surface area (Å²) in [5.74, 6) is -3.16. The van der Waals surface area contributed by atoms with E-state index in [0.29, 0.717) is 12.0 Å². The van der Waals surface area contributed by atoms with Crippen molar-refractivity contribution in [2.45, 2.75) is 18.7 Å². The summed E-state index contributed by atoms with van der Waals surface area (Å²) in [6, 6.07) is 16.0. The van der Waals surface area contributed by atoms with Crippen LogP contribution in [0.2, 0.25) is 0 Å². The second-order valence-electron chi connectivity index (χ2n) is 7.10. The zero-order chi connectivity index (χ0) is 21.5. The highest BCUT2D eigenvalue weighted by molar-refractivity contribution is 6.00. The first-order valence-corrected chi connectivity index (χ1v) is 9.17. The van der Waals surface area contributed by atoms with Crippen molar-refractivity contribution >= 4 is 5.78 Å². The second kappa shape index (κ2) is 7.55. The van der Waals surface area contributed by atoms with E-state index in [0.717, 1.165) is 23.3 Å². The van der Waals surface area contributed by atoms with Gasteiger partial charge in [-0.25, -0.2) is 8.78 Å². The van der Waals surface area contributed by atoms with Gasteiger partial charge in [-0.2, -0.15) is 0 Å². The van der Waals surface area contributed by atoms with Crippen LogP contribution in [0.15, 0.2) is 66.7 Å². The molecule has 1 aliphatic carbocycles. The zero-order valence-electron chi connectivity index (χ0n) is 15.4. The fourth-order valence-corrected chi connectivity index (χ4v) is 3.54. The molecule has 1 fully saturated rings. The molecular formula is C23H15F5O2. The smallest absolute Gasteiger partial charge is 0.406 e. The summed E-state index contributed by atoms with van der Waals surface area (Å²) >= 11 is 0. The predicted octanol–water partition coefficient (Wildman–Crippen LogP) is 6.52. The number of alkyl halides is 3. The van der Waals surface area contributed by atoms with E-state index in [9.17, 15) is 26.7 Å². The molecule has 4 rings (SSSR count). The van der Waals surface area contributed by atoms with Crippen LogP contribution in [-0.4, -0.2) is 12.1 Å². The maximum absolute atomic E-state index is 13.8. The van der Waals surface area contributed by atoms with Crippen molar-refractivity contribution in [1.82, 2.24) is 0 Å². The van der Waals surface area contributed by atoms with Gasteiger partial charge in [-0.05, 0) is 53.3 Å². The highest BCUT2D eigenvalue weighted by atomic mass is 19.4. The van der Waals surface area contributed by atoms with Gasteiger partial charge in [0.1, 0.15) is 17.4 Å². The van der Waals surface area contributed by atoms with Crippen molar-refractivity contribution in [3.63, 3.8) is 0 Å². The van der Waals surface area contributed by atoms with Crippen LogP contribution in [0, 0.1) is 17.6 Å². The first kappa shape index (κ1) is 20.1. The monoisotopic (exact) mass is 418 g/mol. The van der Waals surface area contributed by atoms with Gasteiger partial charge in [0, 0.05) is 5.92 Å². The lowest BCUT2D eigenvalue weighted by Crippen LogP contribution is -2.16. The number of ether oxygens (including phenoxy) is 1. The summed E-state index contributed by atoms with van der Waals surface area (Å²) < 4.78 is 68.3. The molecular weight excluding hydrogens is 403 g/mol. The summed E-state index contributed by atoms with van der Waals surface area (Å²) in [5.41, 5.74) is 1.85. The van der Waals surface area contributed by atoms with Crippen LogP contribution in [0.5, 0.6) is 5.75 Å². The maximum Gasteiger partial charge on any atom is 0.573 e. The first-order chi connectivity index (χ1) is 14.2. The molecule has 0 bridgehead atoms. The standard InChI is InChI=1S/C23H15F5O2/c24-19-2-1-3-20(25)21(19)22(29)18-12-17(18)15-6-4-13(5-7-15)14-8-10-16(11-9-14)30-23(26,27)28/h1-11,17-18H,12H2. The SMILES string of the molecule is O=C(c1c(F)cccc1F)C1CC1c1ccc(-c2ccc(OC(F)(F)F)cc2)cc1. The highest BCUT2D eigenvalue weighted by Gasteiger charge is 2.45. The topological polar surface area (TPSA) is 26.3 Å². The summed E-state index contributed by atoms with van der Waals surface area (Å²) in [5, 5.41) is 0. The van der Waals surface area contributed by atoms with Gasteiger partial charge in [0.05, 0.1) is 5.56 Å². The lowest BCUT2D eigenvalue weighted by atomic mass is 9.99. The molecule has 1 saturated carbocycles. The van der Waals surface area contributed by atoms with E-state index < -0.39 is 35.3 Å². The normalized spacial score (nSPS) is 18.2. The quantitative estimate of drug-likeness (QED) is 0.348. The van der Waals surface area contributed by atoms with Gasteiger partial charge in [0.2, 0.25) is 0 Å². The fourth-order valence-electron chi connectivity index (χ4n) is 3.54. The number of rotatable bonds is 5. The Morgan fingerprint density at radius 2 is 1.37 bits per heavy atom. The van der Waals surface area contributed by atoms with Gasteiger partial charge in [-0.1, -0.05) is 42.5 Å². The van der Waals surface area contributed by atoms with Crippen LogP contribution >= 0.6 is 0 Å². The Hall–Kier alpha value is -3.22. The van der Waals surface area contributed by atoms with Gasteiger partial charge in [-0.15, -0.1) is 13.2 Å². The maximum atomic E-state index is 13.8. The van der Waals surface area contributed by atoms with Crippen LogP contribution < -0.4 is 4.74 Å². The molecule has 2 nitrogen and oxygen atoms in total. The minimum absolute atomic E-state index is 0.117. The number of ketones is 1. The zero-order valence-corrected chi connectivity index (χ0v) is 15.4. The van der Waals surface area contributed by atoms with Crippen molar-refractivity contribution in [2.24, 2.45) is 5.92 Å². The van der Waals surface area contributed by atoms with Crippen molar-refractivity contribution < 1.29 is 31.5 Å². The number of halogens is 5. The Bertz CT molecular complexity index is 1050. The molecule has 1 aliphatic rings. The minimum Gasteiger partial charge on any atom is -0.406 e. The van der Waals surface area contributed by atoms with Crippen LogP contribution in [0.25, 0.3) is 11.1 Å². The molecule has 154 valence electrons. The molecule has 0 heterocycles. The molecule has 0 amide bonds.